The Morgan fingerprint density at radius 2 is 1.86 bits per heavy atom. The lowest BCUT2D eigenvalue weighted by Gasteiger charge is -2.16. The zero-order chi connectivity index (χ0) is 19.7. The Kier molecular flexibility index (Phi) is 4.73. The maximum absolute atomic E-state index is 12.5. The molecule has 1 aliphatic rings. The number of aryl methyl sites for hydroxylation is 1. The highest BCUT2D eigenvalue weighted by Crippen LogP contribution is 2.33. The molecule has 7 nitrogen and oxygen atoms in total. The van der Waals surface area contributed by atoms with Crippen molar-refractivity contribution in [3.05, 3.63) is 53.9 Å². The fourth-order valence-corrected chi connectivity index (χ4v) is 3.37. The first kappa shape index (κ1) is 18.0. The molecule has 0 saturated carbocycles. The van der Waals surface area contributed by atoms with Crippen LogP contribution in [0.2, 0.25) is 0 Å². The van der Waals surface area contributed by atoms with Crippen molar-refractivity contribution in [1.29, 1.82) is 0 Å². The number of nitrogens with zero attached hydrogens (tertiary/aromatic N) is 3. The molecule has 1 saturated heterocycles. The summed E-state index contributed by atoms with van der Waals surface area (Å²) in [5.41, 5.74) is 2.73. The molecule has 1 fully saturated rings. The lowest BCUT2D eigenvalue weighted by Crippen LogP contribution is -2.24. The summed E-state index contributed by atoms with van der Waals surface area (Å²) < 4.78 is 16.1. The molecule has 1 unspecified atom stereocenters. The second kappa shape index (κ2) is 7.34. The first-order chi connectivity index (χ1) is 13.6. The van der Waals surface area contributed by atoms with Crippen molar-refractivity contribution in [3.8, 4) is 22.9 Å². The maximum Gasteiger partial charge on any atom is 0.232 e. The molecule has 144 valence electrons. The number of amides is 1. The average molecular weight is 379 g/mol. The largest absolute Gasteiger partial charge is 0.497 e. The Bertz CT molecular complexity index is 992. The molecule has 1 aliphatic heterocycles. The summed E-state index contributed by atoms with van der Waals surface area (Å²) in [5.74, 6) is 2.10. The first-order valence-electron chi connectivity index (χ1n) is 9.01. The summed E-state index contributed by atoms with van der Waals surface area (Å²) in [5, 5.41) is 4.09. The van der Waals surface area contributed by atoms with Gasteiger partial charge in [-0.3, -0.25) is 4.79 Å². The van der Waals surface area contributed by atoms with E-state index in [9.17, 15) is 4.79 Å². The number of ether oxygens (including phenoxy) is 2. The molecule has 0 radical (unpaired) electrons. The van der Waals surface area contributed by atoms with Crippen molar-refractivity contribution < 1.29 is 18.8 Å². The van der Waals surface area contributed by atoms with Crippen molar-refractivity contribution in [1.82, 2.24) is 10.1 Å². The molecule has 28 heavy (non-hydrogen) atoms. The molecule has 7 heteroatoms. The minimum absolute atomic E-state index is 0.0541. The van der Waals surface area contributed by atoms with Crippen molar-refractivity contribution in [2.75, 3.05) is 25.7 Å². The van der Waals surface area contributed by atoms with E-state index in [1.54, 1.807) is 25.2 Å². The summed E-state index contributed by atoms with van der Waals surface area (Å²) in [7, 11) is 3.18. The van der Waals surface area contributed by atoms with Crippen LogP contribution in [-0.2, 0) is 4.79 Å². The van der Waals surface area contributed by atoms with E-state index in [-0.39, 0.29) is 11.8 Å². The Morgan fingerprint density at radius 1 is 1.11 bits per heavy atom. The van der Waals surface area contributed by atoms with Gasteiger partial charge >= 0.3 is 0 Å². The van der Waals surface area contributed by atoms with Crippen LogP contribution in [0, 0.1) is 6.92 Å². The summed E-state index contributed by atoms with van der Waals surface area (Å²) >= 11 is 0. The molecule has 1 atom stereocenters. The number of aromatic nitrogens is 2. The lowest BCUT2D eigenvalue weighted by molar-refractivity contribution is -0.117. The number of anilines is 1. The van der Waals surface area contributed by atoms with Gasteiger partial charge in [0.15, 0.2) is 0 Å². The van der Waals surface area contributed by atoms with Crippen LogP contribution in [0.4, 0.5) is 5.69 Å². The minimum Gasteiger partial charge on any atom is -0.497 e. The van der Waals surface area contributed by atoms with Crippen LogP contribution in [0.5, 0.6) is 11.5 Å². The van der Waals surface area contributed by atoms with Crippen LogP contribution in [0.15, 0.2) is 47.0 Å². The lowest BCUT2D eigenvalue weighted by atomic mass is 10.1. The van der Waals surface area contributed by atoms with Gasteiger partial charge in [0.1, 0.15) is 11.5 Å². The highest BCUT2D eigenvalue weighted by atomic mass is 16.5. The van der Waals surface area contributed by atoms with Crippen LogP contribution >= 0.6 is 0 Å². The third-order valence-electron chi connectivity index (χ3n) is 4.84. The zero-order valence-corrected chi connectivity index (χ0v) is 16.0. The predicted molar refractivity (Wildman–Crippen MR) is 104 cm³/mol. The van der Waals surface area contributed by atoms with Crippen LogP contribution in [0.1, 0.15) is 23.8 Å². The van der Waals surface area contributed by atoms with Gasteiger partial charge in [0.2, 0.25) is 17.6 Å². The number of hydrogen-bond donors (Lipinski definition) is 0. The molecular weight excluding hydrogens is 358 g/mol. The van der Waals surface area contributed by atoms with Gasteiger partial charge in [0.25, 0.3) is 0 Å². The van der Waals surface area contributed by atoms with Gasteiger partial charge < -0.3 is 18.9 Å². The normalized spacial score (nSPS) is 16.5. The predicted octanol–water partition coefficient (Wildman–Crippen LogP) is 3.58. The Hall–Kier alpha value is -3.35. The van der Waals surface area contributed by atoms with Gasteiger partial charge in [-0.2, -0.15) is 4.98 Å². The van der Waals surface area contributed by atoms with Gasteiger partial charge in [-0.1, -0.05) is 17.3 Å². The molecule has 0 bridgehead atoms. The number of carbonyl (C=O) groups excluding carboxylic acids is 1. The molecule has 1 aromatic heterocycles. The van der Waals surface area contributed by atoms with Crippen molar-refractivity contribution in [2.24, 2.45) is 0 Å². The van der Waals surface area contributed by atoms with Gasteiger partial charge in [-0.25, -0.2) is 0 Å². The van der Waals surface area contributed by atoms with Crippen LogP contribution in [-0.4, -0.2) is 36.8 Å². The van der Waals surface area contributed by atoms with E-state index in [1.165, 1.54) is 0 Å². The highest BCUT2D eigenvalue weighted by molar-refractivity contribution is 5.96. The topological polar surface area (TPSA) is 77.7 Å². The molecule has 4 rings (SSSR count). The fourth-order valence-electron chi connectivity index (χ4n) is 3.37. The summed E-state index contributed by atoms with van der Waals surface area (Å²) in [6, 6.07) is 13.3. The average Bonchev–Trinajstić information content (AvgIpc) is 3.34. The fraction of sp³-hybridized carbons (Fsp3) is 0.286. The quantitative estimate of drug-likeness (QED) is 0.674. The zero-order valence-electron chi connectivity index (χ0n) is 16.0. The highest BCUT2D eigenvalue weighted by Gasteiger charge is 2.35. The second-order valence-corrected chi connectivity index (χ2v) is 6.80. The minimum atomic E-state index is -0.137. The third kappa shape index (κ3) is 3.43. The molecule has 2 aromatic carbocycles. The summed E-state index contributed by atoms with van der Waals surface area (Å²) in [4.78, 5) is 18.8. The van der Waals surface area contributed by atoms with Gasteiger partial charge in [-0.05, 0) is 36.8 Å². The summed E-state index contributed by atoms with van der Waals surface area (Å²) in [6.07, 6.45) is 0.344. The number of hydrogen-bond acceptors (Lipinski definition) is 6. The van der Waals surface area contributed by atoms with Crippen LogP contribution in [0.3, 0.4) is 0 Å². The first-order valence-corrected chi connectivity index (χ1v) is 9.01. The molecule has 3 aromatic rings. The molecule has 2 heterocycles. The molecule has 0 spiro atoms. The van der Waals surface area contributed by atoms with E-state index in [0.717, 1.165) is 16.8 Å². The van der Waals surface area contributed by atoms with Gasteiger partial charge in [0, 0.05) is 30.3 Å². The number of methoxy groups -OCH3 is 2. The monoisotopic (exact) mass is 379 g/mol. The standard InChI is InChI=1S/C21H21N3O4/c1-13-5-4-6-16(7-13)24-12-15(10-19(24)25)21-22-20(23-28-21)14-8-17(26-2)11-18(9-14)27-3/h4-9,11,15H,10,12H2,1-3H3. The third-order valence-corrected chi connectivity index (χ3v) is 4.84. The van der Waals surface area contributed by atoms with Crippen LogP contribution < -0.4 is 14.4 Å². The van der Waals surface area contributed by atoms with E-state index in [1.807, 2.05) is 43.3 Å². The van der Waals surface area contributed by atoms with E-state index >= 15 is 0 Å². The SMILES string of the molecule is COc1cc(OC)cc(-c2noc(C3CC(=O)N(c4cccc(C)c4)C3)n2)c1. The van der Waals surface area contributed by atoms with Gasteiger partial charge in [0.05, 0.1) is 20.1 Å². The Balaban J connectivity index is 1.58. The van der Waals surface area contributed by atoms with Crippen molar-refractivity contribution in [2.45, 2.75) is 19.3 Å². The molecule has 0 aliphatic carbocycles. The smallest absolute Gasteiger partial charge is 0.232 e. The Labute approximate surface area is 162 Å². The van der Waals surface area contributed by atoms with Crippen molar-refractivity contribution >= 4 is 11.6 Å². The van der Waals surface area contributed by atoms with E-state index in [4.69, 9.17) is 14.0 Å². The summed E-state index contributed by atoms with van der Waals surface area (Å²) in [6.45, 7) is 2.53. The van der Waals surface area contributed by atoms with E-state index < -0.39 is 0 Å². The van der Waals surface area contributed by atoms with E-state index in [0.29, 0.717) is 36.2 Å². The van der Waals surface area contributed by atoms with Crippen molar-refractivity contribution in [3.63, 3.8) is 0 Å². The number of rotatable bonds is 5. The number of benzene rings is 2. The van der Waals surface area contributed by atoms with E-state index in [2.05, 4.69) is 10.1 Å². The molecule has 0 N–H and O–H groups in total. The molecule has 1 amide bonds. The van der Waals surface area contributed by atoms with Crippen LogP contribution in [0.25, 0.3) is 11.4 Å². The number of carbonyl (C=O) groups is 1. The second-order valence-electron chi connectivity index (χ2n) is 6.80. The maximum atomic E-state index is 12.5. The van der Waals surface area contributed by atoms with Gasteiger partial charge in [-0.15, -0.1) is 0 Å². The molecular formula is C21H21N3O4. The Morgan fingerprint density at radius 3 is 2.54 bits per heavy atom.